The second-order valence-corrected chi connectivity index (χ2v) is 8.06. The number of nitro benzene ring substituents is 1. The number of amides is 1. The summed E-state index contributed by atoms with van der Waals surface area (Å²) in [7, 11) is -3.93. The van der Waals surface area contributed by atoms with Gasteiger partial charge >= 0.3 is 0 Å². The molecule has 0 unspecified atom stereocenters. The molecule has 9 heteroatoms. The maximum Gasteiger partial charge on any atom is 0.273 e. The molecule has 0 saturated carbocycles. The Morgan fingerprint density at radius 1 is 1.19 bits per heavy atom. The van der Waals surface area contributed by atoms with Gasteiger partial charge < -0.3 is 5.32 Å². The molecule has 0 aliphatic carbocycles. The molecule has 27 heavy (non-hydrogen) atoms. The molecule has 2 aromatic carbocycles. The van der Waals surface area contributed by atoms with E-state index in [-0.39, 0.29) is 22.1 Å². The Kier molecular flexibility index (Phi) is 4.58. The van der Waals surface area contributed by atoms with Crippen LogP contribution in [0.25, 0.3) is 11.6 Å². The predicted octanol–water partition coefficient (Wildman–Crippen LogP) is 2.86. The summed E-state index contributed by atoms with van der Waals surface area (Å²) < 4.78 is 23.2. The first kappa shape index (κ1) is 18.7. The first-order valence-corrected chi connectivity index (χ1v) is 9.61. The summed E-state index contributed by atoms with van der Waals surface area (Å²) in [6.45, 7) is 3.71. The van der Waals surface area contributed by atoms with Crippen LogP contribution < -0.4 is 10.5 Å². The van der Waals surface area contributed by atoms with E-state index in [1.54, 1.807) is 12.1 Å². The van der Waals surface area contributed by atoms with E-state index in [2.05, 4.69) is 5.32 Å². The van der Waals surface area contributed by atoms with E-state index in [9.17, 15) is 23.3 Å². The zero-order chi connectivity index (χ0) is 19.9. The van der Waals surface area contributed by atoms with Gasteiger partial charge in [-0.15, -0.1) is 0 Å². The highest BCUT2D eigenvalue weighted by molar-refractivity contribution is 7.89. The maximum absolute atomic E-state index is 12.3. The first-order chi connectivity index (χ1) is 12.6. The van der Waals surface area contributed by atoms with Gasteiger partial charge in [0.05, 0.1) is 9.82 Å². The zero-order valence-corrected chi connectivity index (χ0v) is 15.4. The van der Waals surface area contributed by atoms with Gasteiger partial charge in [0.15, 0.2) is 0 Å². The third-order valence-corrected chi connectivity index (χ3v) is 5.20. The van der Waals surface area contributed by atoms with Crippen molar-refractivity contribution in [1.29, 1.82) is 0 Å². The minimum atomic E-state index is -3.93. The van der Waals surface area contributed by atoms with Crippen molar-refractivity contribution in [3.05, 3.63) is 63.2 Å². The summed E-state index contributed by atoms with van der Waals surface area (Å²) in [5, 5.41) is 19.1. The lowest BCUT2D eigenvalue weighted by Crippen LogP contribution is -2.12. The van der Waals surface area contributed by atoms with Crippen molar-refractivity contribution in [3.63, 3.8) is 0 Å². The summed E-state index contributed by atoms with van der Waals surface area (Å²) in [6, 6.07) is 8.81. The van der Waals surface area contributed by atoms with Crippen molar-refractivity contribution >= 4 is 39.0 Å². The van der Waals surface area contributed by atoms with Crippen LogP contribution in [-0.4, -0.2) is 19.2 Å². The molecule has 0 saturated heterocycles. The van der Waals surface area contributed by atoms with Gasteiger partial charge in [-0.05, 0) is 35.8 Å². The molecule has 0 aromatic heterocycles. The Hall–Kier alpha value is -3.04. The normalized spacial score (nSPS) is 15.1. The molecular weight excluding hydrogens is 370 g/mol. The lowest BCUT2D eigenvalue weighted by Gasteiger charge is -2.07. The molecule has 2 aromatic rings. The molecule has 1 amide bonds. The molecular formula is C18H17N3O5S. The molecule has 0 atom stereocenters. The van der Waals surface area contributed by atoms with Gasteiger partial charge in [-0.25, -0.2) is 13.6 Å². The summed E-state index contributed by atoms with van der Waals surface area (Å²) in [5.41, 5.74) is 2.06. The lowest BCUT2D eigenvalue weighted by atomic mass is 9.97. The van der Waals surface area contributed by atoms with Crippen molar-refractivity contribution in [1.82, 2.24) is 0 Å². The SMILES string of the molecule is CC(C)c1ccc(/C=C2/C(=O)Nc3ccc(S(N)(=O)=O)cc32)cc1[N+](=O)[O-]. The quantitative estimate of drug-likeness (QED) is 0.473. The number of nitrogens with two attached hydrogens (primary N) is 1. The average molecular weight is 387 g/mol. The van der Waals surface area contributed by atoms with Crippen LogP contribution in [0.3, 0.4) is 0 Å². The summed E-state index contributed by atoms with van der Waals surface area (Å²) in [6.07, 6.45) is 1.49. The van der Waals surface area contributed by atoms with Crippen LogP contribution in [0.1, 0.15) is 36.5 Å². The van der Waals surface area contributed by atoms with E-state index in [4.69, 9.17) is 5.14 Å². The number of nitro groups is 1. The minimum Gasteiger partial charge on any atom is -0.321 e. The highest BCUT2D eigenvalue weighted by atomic mass is 32.2. The molecule has 3 rings (SSSR count). The third-order valence-electron chi connectivity index (χ3n) is 4.29. The first-order valence-electron chi connectivity index (χ1n) is 8.06. The van der Waals surface area contributed by atoms with Crippen LogP contribution in [0, 0.1) is 10.1 Å². The smallest absolute Gasteiger partial charge is 0.273 e. The Labute approximate surface area is 155 Å². The number of carbonyl (C=O) groups excluding carboxylic acids is 1. The van der Waals surface area contributed by atoms with Gasteiger partial charge in [-0.2, -0.15) is 0 Å². The fourth-order valence-electron chi connectivity index (χ4n) is 2.95. The van der Waals surface area contributed by atoms with E-state index in [0.29, 0.717) is 22.4 Å². The Bertz CT molecular complexity index is 1100. The zero-order valence-electron chi connectivity index (χ0n) is 14.6. The number of primary sulfonamides is 1. The molecule has 0 radical (unpaired) electrons. The second-order valence-electron chi connectivity index (χ2n) is 6.49. The molecule has 0 bridgehead atoms. The van der Waals surface area contributed by atoms with Gasteiger partial charge in [-0.1, -0.05) is 26.0 Å². The van der Waals surface area contributed by atoms with E-state index in [1.165, 1.54) is 30.3 Å². The highest BCUT2D eigenvalue weighted by Gasteiger charge is 2.26. The van der Waals surface area contributed by atoms with Crippen LogP contribution in [0.5, 0.6) is 0 Å². The number of nitrogens with one attached hydrogen (secondary N) is 1. The number of hydrogen-bond acceptors (Lipinski definition) is 5. The van der Waals surface area contributed by atoms with Gasteiger partial charge in [-0.3, -0.25) is 14.9 Å². The maximum atomic E-state index is 12.3. The lowest BCUT2D eigenvalue weighted by molar-refractivity contribution is -0.385. The summed E-state index contributed by atoms with van der Waals surface area (Å²) in [5.74, 6) is -0.452. The van der Waals surface area contributed by atoms with Crippen LogP contribution in [0.4, 0.5) is 11.4 Å². The highest BCUT2D eigenvalue weighted by Crippen LogP contribution is 2.35. The van der Waals surface area contributed by atoms with Crippen molar-refractivity contribution < 1.29 is 18.1 Å². The fourth-order valence-corrected chi connectivity index (χ4v) is 3.49. The number of sulfonamides is 1. The Morgan fingerprint density at radius 2 is 1.89 bits per heavy atom. The van der Waals surface area contributed by atoms with E-state index in [0.717, 1.165) is 0 Å². The third kappa shape index (κ3) is 3.60. The molecule has 1 heterocycles. The number of hydrogen-bond donors (Lipinski definition) is 2. The molecule has 3 N–H and O–H groups in total. The molecule has 140 valence electrons. The van der Waals surface area contributed by atoms with E-state index < -0.39 is 20.9 Å². The number of nitrogens with zero attached hydrogens (tertiary/aromatic N) is 1. The minimum absolute atomic E-state index is 0.0278. The Balaban J connectivity index is 2.13. The second kappa shape index (κ2) is 6.60. The van der Waals surface area contributed by atoms with Crippen molar-refractivity contribution in [2.75, 3.05) is 5.32 Å². The molecule has 1 aliphatic rings. The van der Waals surface area contributed by atoms with Crippen molar-refractivity contribution in [2.45, 2.75) is 24.7 Å². The van der Waals surface area contributed by atoms with E-state index in [1.807, 2.05) is 13.8 Å². The number of anilines is 1. The largest absolute Gasteiger partial charge is 0.321 e. The van der Waals surface area contributed by atoms with E-state index >= 15 is 0 Å². The standard InChI is InChI=1S/C18H17N3O5S/c1-10(2)13-5-3-11(8-17(13)21(23)24)7-15-14-9-12(27(19,25)26)4-6-16(14)20-18(15)22/h3-10H,1-2H3,(H,20,22)(H2,19,25,26)/b15-7+. The van der Waals surface area contributed by atoms with Crippen LogP contribution in [-0.2, 0) is 14.8 Å². The predicted molar refractivity (Wildman–Crippen MR) is 102 cm³/mol. The summed E-state index contributed by atoms with van der Waals surface area (Å²) >= 11 is 0. The van der Waals surface area contributed by atoms with Crippen molar-refractivity contribution in [3.8, 4) is 0 Å². The number of benzene rings is 2. The van der Waals surface area contributed by atoms with Gasteiger partial charge in [0.25, 0.3) is 11.6 Å². The fraction of sp³-hybridized carbons (Fsp3) is 0.167. The van der Waals surface area contributed by atoms with Gasteiger partial charge in [0.2, 0.25) is 10.0 Å². The van der Waals surface area contributed by atoms with Crippen LogP contribution >= 0.6 is 0 Å². The number of fused-ring (bicyclic) bond motifs is 1. The van der Waals surface area contributed by atoms with Crippen molar-refractivity contribution in [2.24, 2.45) is 5.14 Å². The number of rotatable bonds is 4. The Morgan fingerprint density at radius 3 is 2.48 bits per heavy atom. The monoisotopic (exact) mass is 387 g/mol. The molecule has 8 nitrogen and oxygen atoms in total. The molecule has 0 spiro atoms. The summed E-state index contributed by atoms with van der Waals surface area (Å²) in [4.78, 5) is 23.1. The van der Waals surface area contributed by atoms with Gasteiger partial charge in [0, 0.05) is 28.5 Å². The number of carbonyl (C=O) groups is 1. The topological polar surface area (TPSA) is 132 Å². The average Bonchev–Trinajstić information content (AvgIpc) is 2.88. The van der Waals surface area contributed by atoms with Crippen LogP contribution in [0.15, 0.2) is 41.3 Å². The molecule has 1 aliphatic heterocycles. The van der Waals surface area contributed by atoms with Crippen LogP contribution in [0.2, 0.25) is 0 Å². The molecule has 0 fully saturated rings. The van der Waals surface area contributed by atoms with Gasteiger partial charge in [0.1, 0.15) is 0 Å².